The molecule has 0 radical (unpaired) electrons. The third-order valence-corrected chi connectivity index (χ3v) is 2.74. The number of piperazine rings is 1. The topological polar surface area (TPSA) is 82.5 Å². The van der Waals surface area contributed by atoms with Gasteiger partial charge in [-0.2, -0.15) is 0 Å². The van der Waals surface area contributed by atoms with Crippen molar-refractivity contribution in [3.63, 3.8) is 0 Å². The van der Waals surface area contributed by atoms with E-state index in [9.17, 15) is 14.0 Å². The van der Waals surface area contributed by atoms with Crippen LogP contribution in [0, 0.1) is 5.82 Å². The summed E-state index contributed by atoms with van der Waals surface area (Å²) in [6.07, 6.45) is 2.22. The first-order valence-corrected chi connectivity index (χ1v) is 5.44. The maximum atomic E-state index is 13.0. The number of hydrogen-bond acceptors (Lipinski definition) is 4. The minimum absolute atomic E-state index is 0.0585. The lowest BCUT2D eigenvalue weighted by Gasteiger charge is -2.33. The van der Waals surface area contributed by atoms with E-state index >= 15 is 0 Å². The van der Waals surface area contributed by atoms with Crippen molar-refractivity contribution < 1.29 is 19.1 Å². The summed E-state index contributed by atoms with van der Waals surface area (Å²) >= 11 is 0. The SMILES string of the molecule is O=C(O)C1CNCCN1C(=O)c1cncc(F)c1. The summed E-state index contributed by atoms with van der Waals surface area (Å²) in [5.41, 5.74) is 0.0585. The molecule has 7 heteroatoms. The van der Waals surface area contributed by atoms with Crippen LogP contribution in [0.4, 0.5) is 4.39 Å². The molecule has 1 saturated heterocycles. The molecule has 2 rings (SSSR count). The number of halogens is 1. The van der Waals surface area contributed by atoms with Crippen molar-refractivity contribution >= 4 is 11.9 Å². The van der Waals surface area contributed by atoms with Crippen LogP contribution in [0.25, 0.3) is 0 Å². The third kappa shape index (κ3) is 2.45. The van der Waals surface area contributed by atoms with Crippen molar-refractivity contribution in [3.05, 3.63) is 29.8 Å². The van der Waals surface area contributed by atoms with Crippen molar-refractivity contribution in [3.8, 4) is 0 Å². The molecule has 2 N–H and O–H groups in total. The van der Waals surface area contributed by atoms with Crippen molar-refractivity contribution in [2.45, 2.75) is 6.04 Å². The quantitative estimate of drug-likeness (QED) is 0.757. The molecule has 0 spiro atoms. The van der Waals surface area contributed by atoms with Crippen molar-refractivity contribution in [1.82, 2.24) is 15.2 Å². The summed E-state index contributed by atoms with van der Waals surface area (Å²) < 4.78 is 13.0. The van der Waals surface area contributed by atoms with Crippen LogP contribution in [0.3, 0.4) is 0 Å². The number of aromatic nitrogens is 1. The predicted molar refractivity (Wildman–Crippen MR) is 59.5 cm³/mol. The van der Waals surface area contributed by atoms with E-state index in [0.717, 1.165) is 12.3 Å². The zero-order valence-electron chi connectivity index (χ0n) is 9.47. The number of aliphatic carboxylic acids is 1. The second-order valence-corrected chi connectivity index (χ2v) is 3.95. The number of rotatable bonds is 2. The van der Waals surface area contributed by atoms with Gasteiger partial charge in [-0.05, 0) is 6.07 Å². The molecule has 1 aliphatic rings. The highest BCUT2D eigenvalue weighted by atomic mass is 19.1. The summed E-state index contributed by atoms with van der Waals surface area (Å²) in [6.45, 7) is 0.967. The second kappa shape index (κ2) is 5.09. The Balaban J connectivity index is 2.23. The van der Waals surface area contributed by atoms with Crippen LogP contribution in [0.1, 0.15) is 10.4 Å². The number of carboxylic acid groups (broad SMARTS) is 1. The molecule has 6 nitrogen and oxygen atoms in total. The molecule has 0 bridgehead atoms. The van der Waals surface area contributed by atoms with E-state index in [4.69, 9.17) is 5.11 Å². The number of carbonyl (C=O) groups excluding carboxylic acids is 1. The summed E-state index contributed by atoms with van der Waals surface area (Å²) in [5.74, 6) is -2.22. The van der Waals surface area contributed by atoms with Gasteiger partial charge in [0.05, 0.1) is 11.8 Å². The highest BCUT2D eigenvalue weighted by Crippen LogP contribution is 2.11. The van der Waals surface area contributed by atoms with Gasteiger partial charge in [-0.3, -0.25) is 9.78 Å². The van der Waals surface area contributed by atoms with E-state index in [2.05, 4.69) is 10.3 Å². The van der Waals surface area contributed by atoms with Crippen molar-refractivity contribution in [2.24, 2.45) is 0 Å². The number of nitrogens with one attached hydrogen (secondary N) is 1. The van der Waals surface area contributed by atoms with Crippen LogP contribution in [-0.2, 0) is 4.79 Å². The number of hydrogen-bond donors (Lipinski definition) is 2. The Morgan fingerprint density at radius 1 is 1.50 bits per heavy atom. The lowest BCUT2D eigenvalue weighted by molar-refractivity contribution is -0.142. The van der Waals surface area contributed by atoms with Crippen molar-refractivity contribution in [2.75, 3.05) is 19.6 Å². The monoisotopic (exact) mass is 253 g/mol. The first kappa shape index (κ1) is 12.4. The second-order valence-electron chi connectivity index (χ2n) is 3.95. The molecule has 0 aliphatic carbocycles. The standard InChI is InChI=1S/C11H12FN3O3/c12-8-3-7(4-14-5-8)10(16)15-2-1-13-6-9(15)11(17)18/h3-5,9,13H,1-2,6H2,(H,17,18). The largest absolute Gasteiger partial charge is 0.480 e. The fraction of sp³-hybridized carbons (Fsp3) is 0.364. The molecular weight excluding hydrogens is 241 g/mol. The first-order valence-electron chi connectivity index (χ1n) is 5.44. The average Bonchev–Trinajstić information content (AvgIpc) is 2.38. The van der Waals surface area contributed by atoms with Gasteiger partial charge in [-0.25, -0.2) is 9.18 Å². The Bertz CT molecular complexity index is 480. The lowest BCUT2D eigenvalue weighted by Crippen LogP contribution is -2.57. The zero-order valence-corrected chi connectivity index (χ0v) is 9.47. The van der Waals surface area contributed by atoms with Gasteiger partial charge in [0.1, 0.15) is 11.9 Å². The maximum absolute atomic E-state index is 13.0. The molecule has 1 atom stereocenters. The van der Waals surface area contributed by atoms with Crippen molar-refractivity contribution in [1.29, 1.82) is 0 Å². The predicted octanol–water partition coefficient (Wildman–Crippen LogP) is -0.281. The van der Waals surface area contributed by atoms with Gasteiger partial charge < -0.3 is 15.3 Å². The fourth-order valence-electron chi connectivity index (χ4n) is 1.86. The van der Waals surface area contributed by atoms with Crippen LogP contribution in [-0.4, -0.2) is 52.5 Å². The van der Waals surface area contributed by atoms with Crippen LogP contribution in [0.2, 0.25) is 0 Å². The molecule has 96 valence electrons. The Labute approximate surface area is 102 Å². The highest BCUT2D eigenvalue weighted by molar-refractivity contribution is 5.96. The molecule has 1 unspecified atom stereocenters. The van der Waals surface area contributed by atoms with E-state index in [1.54, 1.807) is 0 Å². The minimum Gasteiger partial charge on any atom is -0.480 e. The molecule has 0 saturated carbocycles. The lowest BCUT2D eigenvalue weighted by atomic mass is 10.1. The Hall–Kier alpha value is -2.02. The van der Waals surface area contributed by atoms with Gasteiger partial charge >= 0.3 is 5.97 Å². The number of nitrogens with zero attached hydrogens (tertiary/aromatic N) is 2. The smallest absolute Gasteiger partial charge is 0.327 e. The maximum Gasteiger partial charge on any atom is 0.327 e. The van der Waals surface area contributed by atoms with E-state index in [1.807, 2.05) is 0 Å². The van der Waals surface area contributed by atoms with Gasteiger partial charge in [-0.15, -0.1) is 0 Å². The van der Waals surface area contributed by atoms with Crippen LogP contribution >= 0.6 is 0 Å². The molecule has 18 heavy (non-hydrogen) atoms. The summed E-state index contributed by atoms with van der Waals surface area (Å²) in [7, 11) is 0. The summed E-state index contributed by atoms with van der Waals surface area (Å²) in [6, 6.07) is 0.116. The van der Waals surface area contributed by atoms with Crippen LogP contribution in [0.15, 0.2) is 18.5 Å². The number of carbonyl (C=O) groups is 2. The molecule has 2 heterocycles. The van der Waals surface area contributed by atoms with E-state index in [1.165, 1.54) is 11.1 Å². The fourth-order valence-corrected chi connectivity index (χ4v) is 1.86. The van der Waals surface area contributed by atoms with Gasteiger partial charge in [-0.1, -0.05) is 0 Å². The minimum atomic E-state index is -1.08. The molecule has 1 fully saturated rings. The molecule has 1 aliphatic heterocycles. The number of carboxylic acids is 1. The Kier molecular flexibility index (Phi) is 3.52. The Morgan fingerprint density at radius 3 is 2.94 bits per heavy atom. The number of pyridine rings is 1. The molecule has 0 aromatic carbocycles. The van der Waals surface area contributed by atoms with Gasteiger partial charge in [0.25, 0.3) is 5.91 Å². The molecule has 1 amide bonds. The molecule has 1 aromatic heterocycles. The summed E-state index contributed by atoms with van der Waals surface area (Å²) in [5, 5.41) is 11.9. The third-order valence-electron chi connectivity index (χ3n) is 2.74. The van der Waals surface area contributed by atoms with Crippen LogP contribution in [0.5, 0.6) is 0 Å². The van der Waals surface area contributed by atoms with E-state index in [0.29, 0.717) is 6.54 Å². The van der Waals surface area contributed by atoms with Gasteiger partial charge in [0.2, 0.25) is 0 Å². The molecule has 1 aromatic rings. The van der Waals surface area contributed by atoms with Crippen LogP contribution < -0.4 is 5.32 Å². The Morgan fingerprint density at radius 2 is 2.28 bits per heavy atom. The van der Waals surface area contributed by atoms with Gasteiger partial charge in [0, 0.05) is 25.8 Å². The zero-order chi connectivity index (χ0) is 13.1. The molecular formula is C11H12FN3O3. The normalized spacial score (nSPS) is 19.6. The summed E-state index contributed by atoms with van der Waals surface area (Å²) in [4.78, 5) is 27.9. The highest BCUT2D eigenvalue weighted by Gasteiger charge is 2.32. The van der Waals surface area contributed by atoms with E-state index in [-0.39, 0.29) is 18.7 Å². The first-order chi connectivity index (χ1) is 8.59. The van der Waals surface area contributed by atoms with Gasteiger partial charge in [0.15, 0.2) is 0 Å². The number of amides is 1. The average molecular weight is 253 g/mol. The van der Waals surface area contributed by atoms with E-state index < -0.39 is 23.7 Å².